The van der Waals surface area contributed by atoms with Gasteiger partial charge in [0.15, 0.2) is 0 Å². The Bertz CT molecular complexity index is 2260. The standard InChI is InChI=1S/C13H19N.C12H18N2.C12H15N.C9H14N2.C9H13N.2CH4/c1-9(2)12-7-6-11-5-4-8-14-13(11)10(12)3;1-8(2)10-7-14-11-5-4-6-13-12(11)9(10)3;1-8(2)11-5-4-10-6-7-13-12(10)9(11)3;1-6(2)8-4-11-5-9(10)7(8)3;1-7(2)9-6-10-5-4-8(9)3;;/h6-7,9,14H,4-5,8H2,1-3H3;7-8,13H,4-6H2,1-3H3;4-8,13H,1-3H3;4-6H,10H2,1-3H3;4-7H,1-3H3;2*1H4. The molecule has 5 N–H and O–H groups in total. The lowest BCUT2D eigenvalue weighted by molar-refractivity contribution is 0.780. The molecule has 0 fully saturated rings. The molecule has 6 aromatic rings. The summed E-state index contributed by atoms with van der Waals surface area (Å²) in [4.78, 5) is 15.9. The number of nitrogens with one attached hydrogen (secondary N) is 3. The molecular weight excluding hydrogens is 783 g/mol. The van der Waals surface area contributed by atoms with Gasteiger partial charge in [0.2, 0.25) is 0 Å². The van der Waals surface area contributed by atoms with Gasteiger partial charge in [0.1, 0.15) is 0 Å². The molecule has 2 aromatic carbocycles. The minimum Gasteiger partial charge on any atom is -0.397 e. The Labute approximate surface area is 390 Å². The number of nitrogen functional groups attached to an aromatic ring is 1. The lowest BCUT2D eigenvalue weighted by atomic mass is 9.91. The summed E-state index contributed by atoms with van der Waals surface area (Å²) in [6.07, 6.45) is 16.3. The first-order valence-electron chi connectivity index (χ1n) is 23.2. The molecule has 0 saturated carbocycles. The van der Waals surface area contributed by atoms with E-state index in [1.54, 1.807) is 6.20 Å². The number of aromatic amines is 1. The Morgan fingerprint density at radius 1 is 0.516 bits per heavy atom. The first-order valence-corrected chi connectivity index (χ1v) is 23.2. The van der Waals surface area contributed by atoms with Crippen LogP contribution >= 0.6 is 0 Å². The first-order chi connectivity index (χ1) is 29.4. The van der Waals surface area contributed by atoms with Crippen molar-refractivity contribution in [2.45, 2.75) is 174 Å². The lowest BCUT2D eigenvalue weighted by Gasteiger charge is -2.23. The van der Waals surface area contributed by atoms with E-state index in [0.717, 1.165) is 30.8 Å². The number of nitrogens with two attached hydrogens (primary N) is 1. The van der Waals surface area contributed by atoms with Gasteiger partial charge < -0.3 is 21.4 Å². The van der Waals surface area contributed by atoms with Crippen LogP contribution in [0.1, 0.15) is 193 Å². The third-order valence-corrected chi connectivity index (χ3v) is 12.4. The summed E-state index contributed by atoms with van der Waals surface area (Å²) in [6.45, 7) is 35.1. The molecule has 350 valence electrons. The van der Waals surface area contributed by atoms with Gasteiger partial charge in [-0.05, 0) is 169 Å². The van der Waals surface area contributed by atoms with Gasteiger partial charge in [0.05, 0.1) is 23.3 Å². The number of pyridine rings is 3. The van der Waals surface area contributed by atoms with Gasteiger partial charge in [0, 0.05) is 55.3 Å². The summed E-state index contributed by atoms with van der Waals surface area (Å²) < 4.78 is 0. The first kappa shape index (κ1) is 55.0. The van der Waals surface area contributed by atoms with E-state index in [-0.39, 0.29) is 14.9 Å². The summed E-state index contributed by atoms with van der Waals surface area (Å²) in [5.74, 6) is 2.90. The SMILES string of the molecule is C.C.Cc1c(C(C)C)ccc2c1NCCC2.Cc1c(C(C)C)ccc2cc[nH]c12.Cc1c(C(C)C)cnc2c1NCCC2.Cc1c(N)cncc1C(C)C.Cc1ccncc1C(C)C. The van der Waals surface area contributed by atoms with Crippen molar-refractivity contribution in [3.05, 3.63) is 140 Å². The van der Waals surface area contributed by atoms with Crippen LogP contribution in [0.5, 0.6) is 0 Å². The van der Waals surface area contributed by atoms with Crippen molar-refractivity contribution in [3.8, 4) is 0 Å². The summed E-state index contributed by atoms with van der Waals surface area (Å²) in [7, 11) is 0. The average molecular weight is 870 g/mol. The molecule has 64 heavy (non-hydrogen) atoms. The average Bonchev–Trinajstić information content (AvgIpc) is 3.73. The second-order valence-corrected chi connectivity index (χ2v) is 18.7. The summed E-state index contributed by atoms with van der Waals surface area (Å²) in [5, 5.41) is 8.30. The van der Waals surface area contributed by atoms with E-state index in [1.807, 2.05) is 37.9 Å². The van der Waals surface area contributed by atoms with Crippen molar-refractivity contribution in [3.63, 3.8) is 0 Å². The molecule has 2 aliphatic heterocycles. The van der Waals surface area contributed by atoms with Crippen molar-refractivity contribution < 1.29 is 0 Å². The number of fused-ring (bicyclic) bond motifs is 3. The molecule has 0 amide bonds. The van der Waals surface area contributed by atoms with Crippen molar-refractivity contribution >= 4 is 28.0 Å². The van der Waals surface area contributed by atoms with Crippen LogP contribution in [0.15, 0.2) is 73.6 Å². The molecule has 0 aliphatic carbocycles. The molecule has 7 nitrogen and oxygen atoms in total. The van der Waals surface area contributed by atoms with E-state index in [4.69, 9.17) is 5.73 Å². The van der Waals surface area contributed by atoms with Crippen LogP contribution in [0.25, 0.3) is 10.9 Å². The molecule has 0 unspecified atom stereocenters. The summed E-state index contributed by atoms with van der Waals surface area (Å²) in [6, 6.07) is 13.2. The molecule has 0 spiro atoms. The van der Waals surface area contributed by atoms with Crippen LogP contribution in [0.2, 0.25) is 0 Å². The minimum atomic E-state index is 0. The topological polar surface area (TPSA) is 105 Å². The van der Waals surface area contributed by atoms with Gasteiger partial charge in [-0.2, -0.15) is 0 Å². The number of hydrogen-bond acceptors (Lipinski definition) is 6. The summed E-state index contributed by atoms with van der Waals surface area (Å²) >= 11 is 0. The highest BCUT2D eigenvalue weighted by Gasteiger charge is 2.17. The quantitative estimate of drug-likeness (QED) is 0.138. The predicted molar refractivity (Wildman–Crippen MR) is 283 cm³/mol. The van der Waals surface area contributed by atoms with Gasteiger partial charge in [-0.25, -0.2) is 0 Å². The number of aryl methyl sites for hydroxylation is 4. The lowest BCUT2D eigenvalue weighted by Crippen LogP contribution is -2.15. The van der Waals surface area contributed by atoms with Crippen molar-refractivity contribution in [2.75, 3.05) is 29.5 Å². The molecule has 0 atom stereocenters. The van der Waals surface area contributed by atoms with Crippen molar-refractivity contribution in [1.29, 1.82) is 0 Å². The van der Waals surface area contributed by atoms with E-state index in [1.165, 1.54) is 103 Å². The monoisotopic (exact) mass is 870 g/mol. The number of H-pyrrole nitrogens is 1. The maximum Gasteiger partial charge on any atom is 0.0638 e. The molecule has 0 radical (unpaired) electrons. The predicted octanol–water partition coefficient (Wildman–Crippen LogP) is 15.8. The maximum atomic E-state index is 5.70. The fourth-order valence-corrected chi connectivity index (χ4v) is 8.64. The fourth-order valence-electron chi connectivity index (χ4n) is 8.64. The second-order valence-electron chi connectivity index (χ2n) is 18.7. The number of nitrogens with zero attached hydrogens (tertiary/aromatic N) is 3. The highest BCUT2D eigenvalue weighted by molar-refractivity contribution is 5.83. The Kier molecular flexibility index (Phi) is 22.3. The van der Waals surface area contributed by atoms with E-state index < -0.39 is 0 Å². The van der Waals surface area contributed by atoms with Gasteiger partial charge in [0.25, 0.3) is 0 Å². The number of hydrogen-bond donors (Lipinski definition) is 4. The van der Waals surface area contributed by atoms with Crippen molar-refractivity contribution in [1.82, 2.24) is 19.9 Å². The van der Waals surface area contributed by atoms with Crippen molar-refractivity contribution in [2.24, 2.45) is 0 Å². The molecule has 2 aliphatic rings. The van der Waals surface area contributed by atoms with Crippen LogP contribution < -0.4 is 16.4 Å². The van der Waals surface area contributed by atoms with E-state index in [9.17, 15) is 0 Å². The summed E-state index contributed by atoms with van der Waals surface area (Å²) in [5.41, 5.74) is 26.8. The Balaban J connectivity index is 0.000000275. The second kappa shape index (κ2) is 26.0. The van der Waals surface area contributed by atoms with Crippen LogP contribution in [-0.2, 0) is 12.8 Å². The zero-order valence-corrected chi connectivity index (χ0v) is 41.0. The number of rotatable bonds is 5. The molecular formula is C57H87N7. The maximum absolute atomic E-state index is 5.70. The molecule has 0 bridgehead atoms. The van der Waals surface area contributed by atoms with E-state index in [2.05, 4.69) is 164 Å². The third-order valence-electron chi connectivity index (χ3n) is 12.4. The Morgan fingerprint density at radius 3 is 1.62 bits per heavy atom. The van der Waals surface area contributed by atoms with Gasteiger partial charge in [-0.15, -0.1) is 0 Å². The molecule has 0 saturated heterocycles. The van der Waals surface area contributed by atoms with Crippen LogP contribution in [0, 0.1) is 34.6 Å². The van der Waals surface area contributed by atoms with Gasteiger partial charge in [-0.1, -0.05) is 108 Å². The van der Waals surface area contributed by atoms with Gasteiger partial charge in [-0.3, -0.25) is 15.0 Å². The number of benzene rings is 2. The largest absolute Gasteiger partial charge is 0.397 e. The Morgan fingerprint density at radius 2 is 1.05 bits per heavy atom. The zero-order chi connectivity index (χ0) is 45.7. The van der Waals surface area contributed by atoms with Crippen LogP contribution in [0.3, 0.4) is 0 Å². The highest BCUT2D eigenvalue weighted by atomic mass is 14.9. The zero-order valence-electron chi connectivity index (χ0n) is 41.0. The van der Waals surface area contributed by atoms with E-state index >= 15 is 0 Å². The van der Waals surface area contributed by atoms with Gasteiger partial charge >= 0.3 is 0 Å². The minimum absolute atomic E-state index is 0. The normalized spacial score (nSPS) is 12.4. The molecule has 4 aromatic heterocycles. The third kappa shape index (κ3) is 14.4. The fraction of sp³-hybridized carbons (Fsp3) is 0.491. The number of anilines is 3. The van der Waals surface area contributed by atoms with Crippen LogP contribution in [0.4, 0.5) is 17.1 Å². The van der Waals surface area contributed by atoms with E-state index in [0.29, 0.717) is 29.6 Å². The van der Waals surface area contributed by atoms with Crippen LogP contribution in [-0.4, -0.2) is 33.0 Å². The molecule has 7 heteroatoms. The molecule has 6 heterocycles. The highest BCUT2D eigenvalue weighted by Crippen LogP contribution is 2.32. The number of aromatic nitrogens is 4. The smallest absolute Gasteiger partial charge is 0.0638 e. The molecule has 8 rings (SSSR count). The Hall–Kier alpha value is -5.17.